The largest absolute Gasteiger partial charge is 0.322 e. The first-order valence-corrected chi connectivity index (χ1v) is 13.3. The Hall–Kier alpha value is -3.99. The highest BCUT2D eigenvalue weighted by molar-refractivity contribution is 6.13. The minimum atomic E-state index is -0.276. The maximum Gasteiger partial charge on any atom is 0.258 e. The second kappa shape index (κ2) is 11.6. The van der Waals surface area contributed by atoms with E-state index >= 15 is 0 Å². The van der Waals surface area contributed by atoms with E-state index in [2.05, 4.69) is 26.1 Å². The Morgan fingerprint density at radius 1 is 1.03 bits per heavy atom. The summed E-state index contributed by atoms with van der Waals surface area (Å²) in [5.41, 5.74) is 6.20. The van der Waals surface area contributed by atoms with Crippen LogP contribution in [-0.4, -0.2) is 24.6 Å². The summed E-state index contributed by atoms with van der Waals surface area (Å²) >= 11 is 0. The van der Waals surface area contributed by atoms with Crippen molar-refractivity contribution < 1.29 is 15.8 Å². The number of aryl methyl sites for hydroxylation is 1. The summed E-state index contributed by atoms with van der Waals surface area (Å²) in [4.78, 5) is 41.2. The van der Waals surface area contributed by atoms with Crippen LogP contribution in [0.4, 0.5) is 11.4 Å². The van der Waals surface area contributed by atoms with Crippen LogP contribution in [-0.2, 0) is 11.2 Å². The molecular weight excluding hydrogens is 472 g/mol. The van der Waals surface area contributed by atoms with Crippen LogP contribution in [0, 0.1) is 18.8 Å². The van der Waals surface area contributed by atoms with Crippen LogP contribution in [0.2, 0.25) is 0 Å². The van der Waals surface area contributed by atoms with Gasteiger partial charge in [0.1, 0.15) is 0 Å². The van der Waals surface area contributed by atoms with E-state index in [1.807, 2.05) is 67.6 Å². The number of hydrogen-bond acceptors (Lipinski definition) is 3. The molecule has 0 saturated heterocycles. The van der Waals surface area contributed by atoms with Crippen molar-refractivity contribution in [3.05, 3.63) is 101 Å². The van der Waals surface area contributed by atoms with E-state index in [0.29, 0.717) is 28.9 Å². The molecule has 2 amide bonds. The Kier molecular flexibility index (Phi) is 8.26. The molecule has 4 rings (SSSR count). The van der Waals surface area contributed by atoms with Crippen molar-refractivity contribution in [1.82, 2.24) is 0 Å². The van der Waals surface area contributed by atoms with Gasteiger partial charge in [-0.1, -0.05) is 63.1 Å². The van der Waals surface area contributed by atoms with Gasteiger partial charge in [0.2, 0.25) is 0 Å². The van der Waals surface area contributed by atoms with Gasteiger partial charge >= 0.3 is 0 Å². The van der Waals surface area contributed by atoms with Gasteiger partial charge in [-0.25, -0.2) is 0 Å². The summed E-state index contributed by atoms with van der Waals surface area (Å²) in [6.07, 6.45) is 4.07. The molecule has 0 aromatic heterocycles. The number of nitrogens with one attached hydrogen (secondary N) is 1. The van der Waals surface area contributed by atoms with Gasteiger partial charge in [-0.2, -0.15) is 0 Å². The lowest BCUT2D eigenvalue weighted by atomic mass is 9.81. The van der Waals surface area contributed by atoms with Crippen molar-refractivity contribution in [3.8, 4) is 0 Å². The molecule has 198 valence electrons. The van der Waals surface area contributed by atoms with Crippen molar-refractivity contribution in [1.29, 1.82) is 0 Å². The Bertz CT molecular complexity index is 1400. The average molecular weight is 511 g/mol. The smallest absolute Gasteiger partial charge is 0.258 e. The fourth-order valence-electron chi connectivity index (χ4n) is 5.05. The van der Waals surface area contributed by atoms with Crippen LogP contribution in [0.1, 0.15) is 72.4 Å². The molecule has 5 nitrogen and oxygen atoms in total. The van der Waals surface area contributed by atoms with Gasteiger partial charge in [0, 0.05) is 26.1 Å². The third-order valence-corrected chi connectivity index (χ3v) is 7.28. The highest BCUT2D eigenvalue weighted by Crippen LogP contribution is 2.33. The molecule has 1 unspecified atom stereocenters. The van der Waals surface area contributed by atoms with Crippen LogP contribution >= 0.6 is 0 Å². The molecule has 0 heterocycles. The third kappa shape index (κ3) is 5.94. The number of carbonyl (C=O) groups is 3. The minimum absolute atomic E-state index is 0. The van der Waals surface area contributed by atoms with Crippen molar-refractivity contribution >= 4 is 34.5 Å². The number of amides is 2. The van der Waals surface area contributed by atoms with Crippen LogP contribution in [0.5, 0.6) is 0 Å². The Labute approximate surface area is 227 Å². The SMILES string of the molecule is CCC1CC(=O)/C=C(/C(C)C)c2cc(C(=O)N(C)c3ccc(C)cc3C(=O)Nc3ccccc3)ccc2C1.[HH]. The van der Waals surface area contributed by atoms with Gasteiger partial charge in [-0.05, 0) is 84.4 Å². The molecule has 0 saturated carbocycles. The maximum atomic E-state index is 13.8. The zero-order chi connectivity index (χ0) is 27.4. The fraction of sp³-hybridized carbons (Fsp3) is 0.303. The topological polar surface area (TPSA) is 66.5 Å². The molecule has 0 bridgehead atoms. The van der Waals surface area contributed by atoms with E-state index in [4.69, 9.17) is 0 Å². The number of nitrogens with zero attached hydrogens (tertiary/aromatic N) is 1. The van der Waals surface area contributed by atoms with Crippen LogP contribution in [0.15, 0.2) is 72.8 Å². The summed E-state index contributed by atoms with van der Waals surface area (Å²) < 4.78 is 0. The Morgan fingerprint density at radius 3 is 2.45 bits per heavy atom. The second-order valence-corrected chi connectivity index (χ2v) is 10.5. The predicted molar refractivity (Wildman–Crippen MR) is 157 cm³/mol. The highest BCUT2D eigenvalue weighted by Gasteiger charge is 2.25. The highest BCUT2D eigenvalue weighted by atomic mass is 16.2. The quantitative estimate of drug-likeness (QED) is 0.377. The third-order valence-electron chi connectivity index (χ3n) is 7.28. The molecule has 1 atom stereocenters. The van der Waals surface area contributed by atoms with E-state index in [1.54, 1.807) is 19.2 Å². The van der Waals surface area contributed by atoms with E-state index in [9.17, 15) is 14.4 Å². The molecule has 1 N–H and O–H groups in total. The summed E-state index contributed by atoms with van der Waals surface area (Å²) in [5, 5.41) is 2.93. The first-order valence-electron chi connectivity index (χ1n) is 13.3. The first kappa shape index (κ1) is 27.1. The molecule has 3 aromatic carbocycles. The average Bonchev–Trinajstić information content (AvgIpc) is 2.90. The first-order chi connectivity index (χ1) is 18.2. The zero-order valence-corrected chi connectivity index (χ0v) is 22.9. The number of anilines is 2. The molecule has 38 heavy (non-hydrogen) atoms. The summed E-state index contributed by atoms with van der Waals surface area (Å²) in [7, 11) is 1.69. The molecule has 0 radical (unpaired) electrons. The molecular formula is C33H38N2O3. The van der Waals surface area contributed by atoms with Gasteiger partial charge in [0.05, 0.1) is 11.3 Å². The zero-order valence-electron chi connectivity index (χ0n) is 22.9. The molecule has 5 heteroatoms. The van der Waals surface area contributed by atoms with E-state index in [-0.39, 0.29) is 30.9 Å². The number of hydrogen-bond donors (Lipinski definition) is 1. The predicted octanol–water partition coefficient (Wildman–Crippen LogP) is 7.35. The van der Waals surface area contributed by atoms with Crippen molar-refractivity contribution in [2.45, 2.75) is 47.0 Å². The molecule has 1 aliphatic rings. The van der Waals surface area contributed by atoms with Gasteiger partial charge in [0.15, 0.2) is 5.78 Å². The normalized spacial score (nSPS) is 16.6. The molecule has 3 aromatic rings. The number of benzene rings is 3. The number of carbonyl (C=O) groups excluding carboxylic acids is 3. The number of allylic oxidation sites excluding steroid dienone is 2. The van der Waals surface area contributed by atoms with E-state index in [1.165, 1.54) is 10.5 Å². The minimum Gasteiger partial charge on any atom is -0.322 e. The lowest BCUT2D eigenvalue weighted by Crippen LogP contribution is -2.29. The van der Waals surface area contributed by atoms with Crippen LogP contribution in [0.3, 0.4) is 0 Å². The van der Waals surface area contributed by atoms with Crippen molar-refractivity contribution in [2.24, 2.45) is 11.8 Å². The lowest BCUT2D eigenvalue weighted by Gasteiger charge is -2.25. The van der Waals surface area contributed by atoms with Crippen LogP contribution < -0.4 is 10.2 Å². The van der Waals surface area contributed by atoms with Gasteiger partial charge in [0.25, 0.3) is 11.8 Å². The lowest BCUT2D eigenvalue weighted by molar-refractivity contribution is -0.115. The van der Waals surface area contributed by atoms with Gasteiger partial charge in [-0.3, -0.25) is 14.4 Å². The number of rotatable bonds is 6. The van der Waals surface area contributed by atoms with Crippen molar-refractivity contribution in [3.63, 3.8) is 0 Å². The van der Waals surface area contributed by atoms with Crippen molar-refractivity contribution in [2.75, 3.05) is 17.3 Å². The molecule has 1 aliphatic carbocycles. The number of para-hydroxylation sites is 1. The Morgan fingerprint density at radius 2 is 1.76 bits per heavy atom. The van der Waals surface area contributed by atoms with Gasteiger partial charge < -0.3 is 10.2 Å². The number of fused-ring (bicyclic) bond motifs is 1. The number of ketones is 1. The van der Waals surface area contributed by atoms with Crippen LogP contribution in [0.25, 0.3) is 5.57 Å². The van der Waals surface area contributed by atoms with E-state index in [0.717, 1.165) is 29.5 Å². The fourth-order valence-corrected chi connectivity index (χ4v) is 5.05. The summed E-state index contributed by atoms with van der Waals surface area (Å²) in [5.74, 6) is 0.0858. The summed E-state index contributed by atoms with van der Waals surface area (Å²) in [6.45, 7) is 8.19. The monoisotopic (exact) mass is 510 g/mol. The molecule has 0 aliphatic heterocycles. The standard InChI is InChI=1S/C33H36N2O3.H2/c1-6-23-17-24-13-14-25(19-29(24)28(21(2)3)20-27(36)18-23)33(38)35(5)31-15-12-22(4)16-30(31)32(37)34-26-10-8-7-9-11-26;/h7-16,19-21,23H,6,17-18H2,1-5H3,(H,34,37);1H/b28-20-;. The maximum absolute atomic E-state index is 13.8. The van der Waals surface area contributed by atoms with Gasteiger partial charge in [-0.15, -0.1) is 0 Å². The molecule has 0 spiro atoms. The second-order valence-electron chi connectivity index (χ2n) is 10.5. The van der Waals surface area contributed by atoms with E-state index < -0.39 is 0 Å². The molecule has 0 fully saturated rings. The Balaban J connectivity index is 0.00000420. The summed E-state index contributed by atoms with van der Waals surface area (Å²) in [6, 6.07) is 20.6.